The highest BCUT2D eigenvalue weighted by atomic mass is 16.3. The summed E-state index contributed by atoms with van der Waals surface area (Å²) in [5.41, 5.74) is 4.62. The maximum absolute atomic E-state index is 11.3. The molecule has 0 atom stereocenters. The zero-order valence-corrected chi connectivity index (χ0v) is 10.9. The van der Waals surface area contributed by atoms with Crippen LogP contribution in [0.25, 0.3) is 22.2 Å². The zero-order valence-electron chi connectivity index (χ0n) is 10.9. The van der Waals surface area contributed by atoms with E-state index in [1.807, 2.05) is 67.1 Å². The van der Waals surface area contributed by atoms with Crippen molar-refractivity contribution in [2.45, 2.75) is 6.92 Å². The minimum Gasteiger partial charge on any atom is -0.342 e. The fourth-order valence-electron chi connectivity index (χ4n) is 2.61. The number of nitrogens with zero attached hydrogens (tertiary/aromatic N) is 2. The van der Waals surface area contributed by atoms with Gasteiger partial charge < -0.3 is 4.57 Å². The summed E-state index contributed by atoms with van der Waals surface area (Å²) in [5, 5.41) is 4.17. The molecule has 19 heavy (non-hydrogen) atoms. The van der Waals surface area contributed by atoms with Gasteiger partial charge in [-0.2, -0.15) is 0 Å². The molecule has 0 saturated carbocycles. The molecule has 0 saturated heterocycles. The number of rotatable bonds is 2. The number of para-hydroxylation sites is 1. The van der Waals surface area contributed by atoms with Gasteiger partial charge in [0.1, 0.15) is 5.69 Å². The van der Waals surface area contributed by atoms with Gasteiger partial charge in [0.05, 0.1) is 11.2 Å². The average Bonchev–Trinajstić information content (AvgIpc) is 2.73. The van der Waals surface area contributed by atoms with Crippen LogP contribution in [0.3, 0.4) is 0 Å². The highest BCUT2D eigenvalue weighted by molar-refractivity contribution is 6.00. The largest absolute Gasteiger partial charge is 0.342 e. The first-order chi connectivity index (χ1) is 9.24. The Labute approximate surface area is 111 Å². The van der Waals surface area contributed by atoms with E-state index >= 15 is 0 Å². The van der Waals surface area contributed by atoms with Gasteiger partial charge in [0.2, 0.25) is 0 Å². The van der Waals surface area contributed by atoms with E-state index in [0.29, 0.717) is 5.69 Å². The van der Waals surface area contributed by atoms with Crippen molar-refractivity contribution in [3.05, 3.63) is 59.0 Å². The lowest BCUT2D eigenvalue weighted by atomic mass is 10.0. The first-order valence-electron chi connectivity index (χ1n) is 6.21. The summed E-state index contributed by atoms with van der Waals surface area (Å²) in [6.07, 6.45) is 0. The maximum atomic E-state index is 11.3. The van der Waals surface area contributed by atoms with Crippen LogP contribution in [-0.4, -0.2) is 4.57 Å². The summed E-state index contributed by atoms with van der Waals surface area (Å²) >= 11 is 0. The molecule has 0 radical (unpaired) electrons. The lowest BCUT2D eigenvalue weighted by molar-refractivity contribution is 0.976. The lowest BCUT2D eigenvalue weighted by Crippen LogP contribution is -1.93. The second-order valence-corrected chi connectivity index (χ2v) is 4.68. The lowest BCUT2D eigenvalue weighted by Gasteiger charge is -2.08. The van der Waals surface area contributed by atoms with Gasteiger partial charge in [-0.3, -0.25) is 0 Å². The standard InChI is InChI=1S/C16H14N2O/c1-11-7-3-4-8-12(11)16-15(17-19)13-9-5-6-10-14(13)18(16)2/h3-10H,1-2H3. The van der Waals surface area contributed by atoms with E-state index < -0.39 is 0 Å². The van der Waals surface area contributed by atoms with Gasteiger partial charge in [0.25, 0.3) is 0 Å². The number of aromatic nitrogens is 1. The quantitative estimate of drug-likeness (QED) is 0.614. The van der Waals surface area contributed by atoms with Gasteiger partial charge in [-0.05, 0) is 23.7 Å². The molecule has 0 spiro atoms. The van der Waals surface area contributed by atoms with E-state index in [0.717, 1.165) is 27.7 Å². The maximum Gasteiger partial charge on any atom is 0.141 e. The molecular weight excluding hydrogens is 236 g/mol. The molecule has 3 aromatic rings. The van der Waals surface area contributed by atoms with Gasteiger partial charge in [0, 0.05) is 18.0 Å². The first-order valence-corrected chi connectivity index (χ1v) is 6.21. The molecule has 94 valence electrons. The van der Waals surface area contributed by atoms with E-state index in [1.54, 1.807) is 0 Å². The molecule has 2 aromatic carbocycles. The Morgan fingerprint density at radius 3 is 2.42 bits per heavy atom. The number of aryl methyl sites for hydroxylation is 2. The van der Waals surface area contributed by atoms with Gasteiger partial charge >= 0.3 is 0 Å². The number of hydrogen-bond acceptors (Lipinski definition) is 2. The normalized spacial score (nSPS) is 10.8. The molecular formula is C16H14N2O. The van der Waals surface area contributed by atoms with Crippen molar-refractivity contribution in [2.24, 2.45) is 12.2 Å². The van der Waals surface area contributed by atoms with E-state index in [-0.39, 0.29) is 0 Å². The van der Waals surface area contributed by atoms with Gasteiger partial charge in [-0.1, -0.05) is 42.5 Å². The average molecular weight is 250 g/mol. The molecule has 0 aliphatic heterocycles. The zero-order chi connectivity index (χ0) is 13.4. The SMILES string of the molecule is Cc1ccccc1-c1c(N=O)c2ccccc2n1C. The Balaban J connectivity index is 2.45. The topological polar surface area (TPSA) is 34.4 Å². The molecule has 0 fully saturated rings. The number of hydrogen-bond donors (Lipinski definition) is 0. The molecule has 0 bridgehead atoms. The molecule has 0 aliphatic carbocycles. The minimum atomic E-state index is 0.521. The van der Waals surface area contributed by atoms with Crippen molar-refractivity contribution in [3.63, 3.8) is 0 Å². The molecule has 0 N–H and O–H groups in total. The van der Waals surface area contributed by atoms with Gasteiger partial charge in [-0.15, -0.1) is 4.91 Å². The van der Waals surface area contributed by atoms with Crippen molar-refractivity contribution >= 4 is 16.6 Å². The number of fused-ring (bicyclic) bond motifs is 1. The minimum absolute atomic E-state index is 0.521. The summed E-state index contributed by atoms with van der Waals surface area (Å²) in [6.45, 7) is 2.04. The van der Waals surface area contributed by atoms with Crippen molar-refractivity contribution in [3.8, 4) is 11.3 Å². The molecule has 3 rings (SSSR count). The van der Waals surface area contributed by atoms with Crippen molar-refractivity contribution in [1.29, 1.82) is 0 Å². The second kappa shape index (κ2) is 4.35. The van der Waals surface area contributed by atoms with Crippen LogP contribution in [0.15, 0.2) is 53.7 Å². The predicted molar refractivity (Wildman–Crippen MR) is 78.5 cm³/mol. The van der Waals surface area contributed by atoms with Crippen LogP contribution in [0.5, 0.6) is 0 Å². The summed E-state index contributed by atoms with van der Waals surface area (Å²) in [6, 6.07) is 15.9. The van der Waals surface area contributed by atoms with Crippen LogP contribution in [0.4, 0.5) is 5.69 Å². The summed E-state index contributed by atoms with van der Waals surface area (Å²) in [7, 11) is 1.97. The fourth-order valence-corrected chi connectivity index (χ4v) is 2.61. The Morgan fingerprint density at radius 1 is 1.00 bits per heavy atom. The third-order valence-electron chi connectivity index (χ3n) is 3.57. The van der Waals surface area contributed by atoms with Crippen LogP contribution in [0.1, 0.15) is 5.56 Å². The predicted octanol–water partition coefficient (Wildman–Crippen LogP) is 4.55. The molecule has 3 nitrogen and oxygen atoms in total. The molecule has 0 amide bonds. The number of benzene rings is 2. The van der Waals surface area contributed by atoms with Crippen molar-refractivity contribution < 1.29 is 0 Å². The van der Waals surface area contributed by atoms with E-state index in [2.05, 4.69) is 5.18 Å². The monoisotopic (exact) mass is 250 g/mol. The fraction of sp³-hybridized carbons (Fsp3) is 0.125. The molecule has 3 heteroatoms. The Bertz CT molecular complexity index is 772. The number of nitroso groups, excluding NO2 is 1. The summed E-state index contributed by atoms with van der Waals surface area (Å²) < 4.78 is 2.04. The summed E-state index contributed by atoms with van der Waals surface area (Å²) in [5.74, 6) is 0. The molecule has 0 aliphatic rings. The van der Waals surface area contributed by atoms with Crippen LogP contribution in [0.2, 0.25) is 0 Å². The Kier molecular flexibility index (Phi) is 2.67. The second-order valence-electron chi connectivity index (χ2n) is 4.68. The Hall–Kier alpha value is -2.42. The third-order valence-corrected chi connectivity index (χ3v) is 3.57. The molecule has 0 unspecified atom stereocenters. The van der Waals surface area contributed by atoms with E-state index in [4.69, 9.17) is 0 Å². The van der Waals surface area contributed by atoms with Crippen LogP contribution < -0.4 is 0 Å². The molecule has 1 heterocycles. The van der Waals surface area contributed by atoms with Gasteiger partial charge in [0.15, 0.2) is 0 Å². The highest BCUT2D eigenvalue weighted by Gasteiger charge is 2.18. The van der Waals surface area contributed by atoms with Crippen molar-refractivity contribution in [1.82, 2.24) is 4.57 Å². The van der Waals surface area contributed by atoms with E-state index in [1.165, 1.54) is 0 Å². The highest BCUT2D eigenvalue weighted by Crippen LogP contribution is 2.40. The van der Waals surface area contributed by atoms with Crippen LogP contribution in [0, 0.1) is 11.8 Å². The van der Waals surface area contributed by atoms with E-state index in [9.17, 15) is 4.91 Å². The molecule has 1 aromatic heterocycles. The van der Waals surface area contributed by atoms with Crippen molar-refractivity contribution in [2.75, 3.05) is 0 Å². The summed E-state index contributed by atoms with van der Waals surface area (Å²) in [4.78, 5) is 11.3. The van der Waals surface area contributed by atoms with Gasteiger partial charge in [-0.25, -0.2) is 0 Å². The third kappa shape index (κ3) is 1.66. The van der Waals surface area contributed by atoms with Crippen LogP contribution >= 0.6 is 0 Å². The van der Waals surface area contributed by atoms with Crippen LogP contribution in [-0.2, 0) is 7.05 Å². The Morgan fingerprint density at radius 2 is 1.68 bits per heavy atom. The first kappa shape index (κ1) is 11.7. The smallest absolute Gasteiger partial charge is 0.141 e.